The lowest BCUT2D eigenvalue weighted by molar-refractivity contribution is -0.167. The molecule has 6 heteroatoms. The van der Waals surface area contributed by atoms with Crippen LogP contribution in [-0.2, 0) is 28.6 Å². The Morgan fingerprint density at radius 1 is 0.314 bits per heavy atom. The number of hydrogen-bond acceptors (Lipinski definition) is 6. The van der Waals surface area contributed by atoms with Gasteiger partial charge in [-0.25, -0.2) is 0 Å². The molecule has 0 bridgehead atoms. The minimum absolute atomic E-state index is 0.102. The van der Waals surface area contributed by atoms with Crippen molar-refractivity contribution in [3.8, 4) is 0 Å². The van der Waals surface area contributed by atoms with Gasteiger partial charge in [-0.15, -0.1) is 0 Å². The van der Waals surface area contributed by atoms with Gasteiger partial charge in [-0.1, -0.05) is 240 Å². The minimum Gasteiger partial charge on any atom is -0.462 e. The summed E-state index contributed by atoms with van der Waals surface area (Å²) >= 11 is 0. The Balaban J connectivity index is 4.49. The molecule has 0 rings (SSSR count). The molecule has 0 aliphatic rings. The number of ether oxygens (including phenoxy) is 3. The third kappa shape index (κ3) is 55.3. The second-order valence-corrected chi connectivity index (χ2v) is 19.2. The molecule has 0 aromatic heterocycles. The van der Waals surface area contributed by atoms with Crippen LogP contribution in [0.1, 0.15) is 271 Å². The summed E-state index contributed by atoms with van der Waals surface area (Å²) < 4.78 is 16.8. The quantitative estimate of drug-likeness (QED) is 0.0199. The Hall–Kier alpha value is -3.67. The van der Waals surface area contributed by atoms with Crippen molar-refractivity contribution >= 4 is 17.9 Å². The molecular weight excluding hydrogens is 865 g/mol. The van der Waals surface area contributed by atoms with Crippen LogP contribution in [0.3, 0.4) is 0 Å². The van der Waals surface area contributed by atoms with E-state index in [-0.39, 0.29) is 31.1 Å². The summed E-state index contributed by atoms with van der Waals surface area (Å²) in [4.78, 5) is 38.2. The highest BCUT2D eigenvalue weighted by Crippen LogP contribution is 2.14. The van der Waals surface area contributed by atoms with Gasteiger partial charge >= 0.3 is 17.9 Å². The third-order valence-corrected chi connectivity index (χ3v) is 12.4. The molecule has 400 valence electrons. The summed E-state index contributed by atoms with van der Waals surface area (Å²) in [6.07, 6.45) is 76.8. The molecule has 0 aliphatic heterocycles. The number of allylic oxidation sites excluding steroid dienone is 16. The Labute approximate surface area is 432 Å². The summed E-state index contributed by atoms with van der Waals surface area (Å²) in [6, 6.07) is 0. The number of rotatable bonds is 52. The maximum Gasteiger partial charge on any atom is 0.306 e. The van der Waals surface area contributed by atoms with Crippen LogP contribution >= 0.6 is 0 Å². The first-order valence-corrected chi connectivity index (χ1v) is 29.3. The van der Waals surface area contributed by atoms with Crippen molar-refractivity contribution < 1.29 is 28.6 Å². The summed E-state index contributed by atoms with van der Waals surface area (Å²) in [7, 11) is 0. The summed E-state index contributed by atoms with van der Waals surface area (Å²) in [5.41, 5.74) is 0. The average molecular weight is 974 g/mol. The van der Waals surface area contributed by atoms with E-state index in [1.807, 2.05) is 0 Å². The molecule has 0 spiro atoms. The highest BCUT2D eigenvalue weighted by atomic mass is 16.6. The van der Waals surface area contributed by atoms with Crippen molar-refractivity contribution in [2.75, 3.05) is 13.2 Å². The third-order valence-electron chi connectivity index (χ3n) is 12.4. The lowest BCUT2D eigenvalue weighted by atomic mass is 10.1. The molecule has 0 aromatic rings. The normalized spacial score (nSPS) is 12.8. The van der Waals surface area contributed by atoms with Crippen molar-refractivity contribution in [1.82, 2.24) is 0 Å². The molecule has 1 unspecified atom stereocenters. The fraction of sp³-hybridized carbons (Fsp3) is 0.703. The van der Waals surface area contributed by atoms with Gasteiger partial charge in [0.15, 0.2) is 6.10 Å². The van der Waals surface area contributed by atoms with E-state index in [0.29, 0.717) is 19.3 Å². The van der Waals surface area contributed by atoms with E-state index in [0.717, 1.165) is 128 Å². The topological polar surface area (TPSA) is 78.9 Å². The van der Waals surface area contributed by atoms with Gasteiger partial charge in [0.2, 0.25) is 0 Å². The van der Waals surface area contributed by atoms with Crippen LogP contribution in [-0.4, -0.2) is 37.2 Å². The molecule has 0 saturated heterocycles. The Morgan fingerprint density at radius 2 is 0.614 bits per heavy atom. The predicted molar refractivity (Wildman–Crippen MR) is 302 cm³/mol. The molecule has 0 heterocycles. The van der Waals surface area contributed by atoms with Crippen LogP contribution in [0.15, 0.2) is 97.2 Å². The first kappa shape index (κ1) is 66.3. The fourth-order valence-corrected chi connectivity index (χ4v) is 7.96. The summed E-state index contributed by atoms with van der Waals surface area (Å²) in [5, 5.41) is 0. The van der Waals surface area contributed by atoms with Crippen LogP contribution in [0, 0.1) is 0 Å². The molecule has 70 heavy (non-hydrogen) atoms. The molecule has 0 fully saturated rings. The number of carbonyl (C=O) groups is 3. The van der Waals surface area contributed by atoms with Crippen LogP contribution in [0.25, 0.3) is 0 Å². The summed E-state index contributed by atoms with van der Waals surface area (Å²) in [5.74, 6) is -0.956. The lowest BCUT2D eigenvalue weighted by Crippen LogP contribution is -2.30. The first-order chi connectivity index (χ1) is 34.5. The summed E-state index contributed by atoms with van der Waals surface area (Å²) in [6.45, 7) is 6.47. The van der Waals surface area contributed by atoms with Gasteiger partial charge in [-0.2, -0.15) is 0 Å². The van der Waals surface area contributed by atoms with Crippen molar-refractivity contribution in [3.63, 3.8) is 0 Å². The number of carbonyl (C=O) groups excluding carboxylic acids is 3. The fourth-order valence-electron chi connectivity index (χ4n) is 7.96. The lowest BCUT2D eigenvalue weighted by Gasteiger charge is -2.18. The van der Waals surface area contributed by atoms with Crippen molar-refractivity contribution in [2.24, 2.45) is 0 Å². The molecule has 0 aromatic carbocycles. The van der Waals surface area contributed by atoms with E-state index < -0.39 is 6.10 Å². The molecule has 0 radical (unpaired) electrons. The molecular formula is C64H108O6. The van der Waals surface area contributed by atoms with Crippen LogP contribution in [0.5, 0.6) is 0 Å². The van der Waals surface area contributed by atoms with Crippen molar-refractivity contribution in [3.05, 3.63) is 97.2 Å². The molecule has 0 N–H and O–H groups in total. The number of unbranched alkanes of at least 4 members (excludes halogenated alkanes) is 27. The van der Waals surface area contributed by atoms with Crippen LogP contribution in [0.4, 0.5) is 0 Å². The molecule has 1 atom stereocenters. The van der Waals surface area contributed by atoms with Gasteiger partial charge in [0.05, 0.1) is 0 Å². The van der Waals surface area contributed by atoms with Crippen molar-refractivity contribution in [2.45, 2.75) is 277 Å². The van der Waals surface area contributed by atoms with Crippen LogP contribution in [0.2, 0.25) is 0 Å². The highest BCUT2D eigenvalue weighted by molar-refractivity contribution is 5.71. The van der Waals surface area contributed by atoms with Gasteiger partial charge < -0.3 is 14.2 Å². The predicted octanol–water partition coefficient (Wildman–Crippen LogP) is 19.7. The largest absolute Gasteiger partial charge is 0.462 e. The highest BCUT2D eigenvalue weighted by Gasteiger charge is 2.19. The maximum absolute atomic E-state index is 12.9. The zero-order valence-electron chi connectivity index (χ0n) is 45.8. The molecule has 0 aliphatic carbocycles. The second-order valence-electron chi connectivity index (χ2n) is 19.2. The number of esters is 3. The first-order valence-electron chi connectivity index (χ1n) is 29.3. The van der Waals surface area contributed by atoms with E-state index >= 15 is 0 Å². The maximum atomic E-state index is 12.9. The average Bonchev–Trinajstić information content (AvgIpc) is 3.36. The molecule has 0 saturated carbocycles. The zero-order chi connectivity index (χ0) is 50.7. The van der Waals surface area contributed by atoms with E-state index in [4.69, 9.17) is 14.2 Å². The number of hydrogen-bond donors (Lipinski definition) is 0. The van der Waals surface area contributed by atoms with Gasteiger partial charge in [0.25, 0.3) is 0 Å². The van der Waals surface area contributed by atoms with E-state index in [1.54, 1.807) is 0 Å². The Kier molecular flexibility index (Phi) is 54.9. The van der Waals surface area contributed by atoms with Gasteiger partial charge in [-0.05, 0) is 109 Å². The smallest absolute Gasteiger partial charge is 0.306 e. The zero-order valence-corrected chi connectivity index (χ0v) is 45.8. The monoisotopic (exact) mass is 973 g/mol. The Bertz CT molecular complexity index is 1400. The molecule has 0 amide bonds. The van der Waals surface area contributed by atoms with E-state index in [2.05, 4.69) is 118 Å². The van der Waals surface area contributed by atoms with Gasteiger partial charge in [-0.3, -0.25) is 14.4 Å². The van der Waals surface area contributed by atoms with Crippen molar-refractivity contribution in [1.29, 1.82) is 0 Å². The van der Waals surface area contributed by atoms with E-state index in [9.17, 15) is 14.4 Å². The Morgan fingerprint density at radius 3 is 1.01 bits per heavy atom. The molecule has 6 nitrogen and oxygen atoms in total. The minimum atomic E-state index is -0.805. The standard InChI is InChI=1S/C64H108O6/c1-4-7-10-13-16-19-22-25-28-31-33-36-39-42-45-48-51-54-57-63(66)69-60-61(59-68-62(65)56-53-50-47-44-41-38-35-30-27-24-21-18-15-12-9-6-3)70-64(67)58-55-52-49-46-43-40-37-34-32-29-26-23-20-17-14-11-8-5-2/h9,12,18,21-22,25,27-28,30-31,33-34,36-38,41,61H,4-8,10-11,13-17,19-20,23-24,26,29,32,35,39-40,42-60H2,1-3H3/b12-9-,21-18-,25-22-,30-27-,31-28-,36-33-,37-34-,41-38-. The van der Waals surface area contributed by atoms with Gasteiger partial charge in [0.1, 0.15) is 13.2 Å². The van der Waals surface area contributed by atoms with Gasteiger partial charge in [0, 0.05) is 19.3 Å². The second kappa shape index (κ2) is 57.9. The van der Waals surface area contributed by atoms with E-state index in [1.165, 1.54) is 103 Å². The SMILES string of the molecule is CC/C=C\C/C=C\C/C=C\C/C=C\CCCCCC(=O)OCC(COC(=O)CCCCCCC\C=C/C=C\C=C/CCCCCCC)OC(=O)CCCCCCC/C=C\CCCCCCCCCCC. The van der Waals surface area contributed by atoms with Crippen LogP contribution < -0.4 is 0 Å².